The number of aromatic nitrogens is 1. The molecule has 3 aromatic rings. The van der Waals surface area contributed by atoms with Crippen LogP contribution in [0.3, 0.4) is 0 Å². The molecule has 1 aromatic heterocycles. The van der Waals surface area contributed by atoms with Gasteiger partial charge in [0.25, 0.3) is 5.91 Å². The van der Waals surface area contributed by atoms with Crippen LogP contribution in [0.4, 0.5) is 17.1 Å². The lowest BCUT2D eigenvalue weighted by atomic mass is 10.1. The Bertz CT molecular complexity index is 919. The van der Waals surface area contributed by atoms with E-state index in [1.165, 1.54) is 5.56 Å². The third-order valence-electron chi connectivity index (χ3n) is 4.05. The number of pyridine rings is 1. The first-order valence-electron chi connectivity index (χ1n) is 8.19. The van der Waals surface area contributed by atoms with Crippen LogP contribution in [0.15, 0.2) is 60.9 Å². The van der Waals surface area contributed by atoms with Gasteiger partial charge in [-0.1, -0.05) is 35.9 Å². The molecule has 0 saturated carbocycles. The maximum atomic E-state index is 12.5. The summed E-state index contributed by atoms with van der Waals surface area (Å²) >= 11 is 0. The standard InChI is InChI=1S/C21H21N3O/c1-14-8-9-20(16(3)10-14)23-18-11-17(12-22-13-18)21(25)24-19-7-5-4-6-15(19)2/h4-13,23H,1-3H3,(H,24,25). The maximum Gasteiger partial charge on any atom is 0.257 e. The van der Waals surface area contributed by atoms with Gasteiger partial charge in [-0.05, 0) is 50.1 Å². The molecule has 2 aromatic carbocycles. The average Bonchev–Trinajstić information content (AvgIpc) is 2.60. The van der Waals surface area contributed by atoms with Gasteiger partial charge < -0.3 is 10.6 Å². The van der Waals surface area contributed by atoms with Crippen LogP contribution in [0.25, 0.3) is 0 Å². The van der Waals surface area contributed by atoms with Crippen molar-refractivity contribution in [2.24, 2.45) is 0 Å². The number of nitrogens with zero attached hydrogens (tertiary/aromatic N) is 1. The van der Waals surface area contributed by atoms with E-state index >= 15 is 0 Å². The fourth-order valence-corrected chi connectivity index (χ4v) is 2.65. The van der Waals surface area contributed by atoms with Gasteiger partial charge in [-0.2, -0.15) is 0 Å². The quantitative estimate of drug-likeness (QED) is 0.707. The van der Waals surface area contributed by atoms with Crippen LogP contribution in [0.2, 0.25) is 0 Å². The number of para-hydroxylation sites is 1. The highest BCUT2D eigenvalue weighted by Crippen LogP contribution is 2.22. The molecule has 1 heterocycles. The van der Waals surface area contributed by atoms with Crippen molar-refractivity contribution < 1.29 is 4.79 Å². The van der Waals surface area contributed by atoms with E-state index in [0.29, 0.717) is 5.56 Å². The Morgan fingerprint density at radius 3 is 2.44 bits per heavy atom. The summed E-state index contributed by atoms with van der Waals surface area (Å²) in [4.78, 5) is 16.7. The number of amides is 1. The molecule has 0 radical (unpaired) electrons. The lowest BCUT2D eigenvalue weighted by Crippen LogP contribution is -2.13. The number of nitrogens with one attached hydrogen (secondary N) is 2. The molecule has 0 atom stereocenters. The summed E-state index contributed by atoms with van der Waals surface area (Å²) < 4.78 is 0. The molecule has 0 unspecified atom stereocenters. The number of carbonyl (C=O) groups excluding carboxylic acids is 1. The molecule has 0 fully saturated rings. The van der Waals surface area contributed by atoms with Crippen LogP contribution in [0.1, 0.15) is 27.0 Å². The van der Waals surface area contributed by atoms with Crippen LogP contribution >= 0.6 is 0 Å². The van der Waals surface area contributed by atoms with Crippen LogP contribution in [0.5, 0.6) is 0 Å². The van der Waals surface area contributed by atoms with Gasteiger partial charge in [0.15, 0.2) is 0 Å². The van der Waals surface area contributed by atoms with E-state index in [9.17, 15) is 4.79 Å². The Morgan fingerprint density at radius 2 is 1.68 bits per heavy atom. The second-order valence-corrected chi connectivity index (χ2v) is 6.17. The fraction of sp³-hybridized carbons (Fsp3) is 0.143. The molecule has 0 aliphatic carbocycles. The minimum absolute atomic E-state index is 0.175. The molecule has 1 amide bonds. The zero-order valence-electron chi connectivity index (χ0n) is 14.6. The molecule has 4 heteroatoms. The number of benzene rings is 2. The van der Waals surface area contributed by atoms with Crippen LogP contribution in [-0.2, 0) is 0 Å². The molecule has 0 aliphatic heterocycles. The Hall–Kier alpha value is -3.14. The zero-order valence-corrected chi connectivity index (χ0v) is 14.6. The summed E-state index contributed by atoms with van der Waals surface area (Å²) in [6, 6.07) is 15.7. The van der Waals surface area contributed by atoms with Gasteiger partial charge in [-0.3, -0.25) is 9.78 Å². The molecule has 0 aliphatic rings. The highest BCUT2D eigenvalue weighted by Gasteiger charge is 2.09. The third kappa shape index (κ3) is 4.04. The van der Waals surface area contributed by atoms with Crippen LogP contribution < -0.4 is 10.6 Å². The lowest BCUT2D eigenvalue weighted by molar-refractivity contribution is 0.102. The molecular weight excluding hydrogens is 310 g/mol. The van der Waals surface area contributed by atoms with Crippen molar-refractivity contribution in [2.45, 2.75) is 20.8 Å². The van der Waals surface area contributed by atoms with Crippen molar-refractivity contribution in [3.8, 4) is 0 Å². The number of hydrogen-bond donors (Lipinski definition) is 2. The van der Waals surface area contributed by atoms with Crippen molar-refractivity contribution in [3.05, 3.63) is 83.2 Å². The second-order valence-electron chi connectivity index (χ2n) is 6.17. The Labute approximate surface area is 147 Å². The summed E-state index contributed by atoms with van der Waals surface area (Å²) in [5.74, 6) is -0.175. The van der Waals surface area contributed by atoms with E-state index in [1.807, 2.05) is 37.3 Å². The van der Waals surface area contributed by atoms with Gasteiger partial charge in [0.2, 0.25) is 0 Å². The smallest absolute Gasteiger partial charge is 0.257 e. The normalized spacial score (nSPS) is 10.4. The molecule has 2 N–H and O–H groups in total. The number of rotatable bonds is 4. The lowest BCUT2D eigenvalue weighted by Gasteiger charge is -2.12. The number of hydrogen-bond acceptors (Lipinski definition) is 3. The van der Waals surface area contributed by atoms with Crippen molar-refractivity contribution in [3.63, 3.8) is 0 Å². The van der Waals surface area contributed by atoms with E-state index < -0.39 is 0 Å². The van der Waals surface area contributed by atoms with Gasteiger partial charge in [-0.15, -0.1) is 0 Å². The van der Waals surface area contributed by atoms with Crippen molar-refractivity contribution in [2.75, 3.05) is 10.6 Å². The number of anilines is 3. The van der Waals surface area contributed by atoms with Crippen LogP contribution in [0, 0.1) is 20.8 Å². The van der Waals surface area contributed by atoms with Gasteiger partial charge in [0.05, 0.1) is 17.4 Å². The summed E-state index contributed by atoms with van der Waals surface area (Å²) in [5, 5.41) is 6.26. The topological polar surface area (TPSA) is 54.0 Å². The summed E-state index contributed by atoms with van der Waals surface area (Å²) in [5.41, 5.74) is 6.49. The third-order valence-corrected chi connectivity index (χ3v) is 4.05. The molecule has 4 nitrogen and oxygen atoms in total. The number of carbonyl (C=O) groups is 1. The van der Waals surface area contributed by atoms with Gasteiger partial charge in [0, 0.05) is 17.6 Å². The average molecular weight is 331 g/mol. The fourth-order valence-electron chi connectivity index (χ4n) is 2.65. The first kappa shape index (κ1) is 16.7. The van der Waals surface area contributed by atoms with E-state index in [2.05, 4.69) is 41.6 Å². The largest absolute Gasteiger partial charge is 0.354 e. The molecular formula is C21H21N3O. The highest BCUT2D eigenvalue weighted by molar-refractivity contribution is 6.05. The van der Waals surface area contributed by atoms with Gasteiger partial charge in [-0.25, -0.2) is 0 Å². The number of aryl methyl sites for hydroxylation is 3. The van der Waals surface area contributed by atoms with E-state index in [-0.39, 0.29) is 5.91 Å². The van der Waals surface area contributed by atoms with Crippen molar-refractivity contribution in [1.29, 1.82) is 0 Å². The molecule has 126 valence electrons. The second kappa shape index (κ2) is 7.18. The van der Waals surface area contributed by atoms with Gasteiger partial charge >= 0.3 is 0 Å². The first-order chi connectivity index (χ1) is 12.0. The molecule has 0 bridgehead atoms. The molecule has 0 saturated heterocycles. The van der Waals surface area contributed by atoms with E-state index in [0.717, 1.165) is 28.2 Å². The minimum atomic E-state index is -0.175. The zero-order chi connectivity index (χ0) is 17.8. The SMILES string of the molecule is Cc1ccc(Nc2cncc(C(=O)Nc3ccccc3C)c2)c(C)c1. The molecule has 0 spiro atoms. The first-order valence-corrected chi connectivity index (χ1v) is 8.19. The monoisotopic (exact) mass is 331 g/mol. The highest BCUT2D eigenvalue weighted by atomic mass is 16.1. The molecule has 3 rings (SSSR count). The minimum Gasteiger partial charge on any atom is -0.354 e. The predicted octanol–water partition coefficient (Wildman–Crippen LogP) is 5.00. The Kier molecular flexibility index (Phi) is 4.80. The summed E-state index contributed by atoms with van der Waals surface area (Å²) in [7, 11) is 0. The summed E-state index contributed by atoms with van der Waals surface area (Å²) in [6.07, 6.45) is 3.28. The van der Waals surface area contributed by atoms with E-state index in [4.69, 9.17) is 0 Å². The summed E-state index contributed by atoms with van der Waals surface area (Å²) in [6.45, 7) is 6.08. The van der Waals surface area contributed by atoms with Crippen LogP contribution in [-0.4, -0.2) is 10.9 Å². The van der Waals surface area contributed by atoms with Crippen molar-refractivity contribution in [1.82, 2.24) is 4.98 Å². The maximum absolute atomic E-state index is 12.5. The predicted molar refractivity (Wildman–Crippen MR) is 103 cm³/mol. The van der Waals surface area contributed by atoms with Gasteiger partial charge in [0.1, 0.15) is 0 Å². The molecule has 25 heavy (non-hydrogen) atoms. The van der Waals surface area contributed by atoms with Crippen molar-refractivity contribution >= 4 is 23.0 Å². The van der Waals surface area contributed by atoms with E-state index in [1.54, 1.807) is 18.5 Å². The Morgan fingerprint density at radius 1 is 0.880 bits per heavy atom. The Balaban J connectivity index is 1.79.